The Morgan fingerprint density at radius 1 is 0.917 bits per heavy atom. The molecule has 3 rings (SSSR count). The summed E-state index contributed by atoms with van der Waals surface area (Å²) in [7, 11) is 0. The van der Waals surface area contributed by atoms with E-state index in [1.165, 1.54) is 12.5 Å². The first-order valence-corrected chi connectivity index (χ1v) is 8.58. The molecule has 1 saturated heterocycles. The molecule has 1 heterocycles. The highest BCUT2D eigenvalue weighted by atomic mass is 16.2. The minimum absolute atomic E-state index is 0.0149. The highest BCUT2D eigenvalue weighted by Gasteiger charge is 2.25. The molecular weight excluding hydrogens is 298 g/mol. The predicted octanol–water partition coefficient (Wildman–Crippen LogP) is 3.98. The maximum Gasteiger partial charge on any atom is 0.254 e. The lowest BCUT2D eigenvalue weighted by Crippen LogP contribution is -2.39. The molecule has 3 heteroatoms. The van der Waals surface area contributed by atoms with E-state index < -0.39 is 0 Å². The number of carbonyl (C=O) groups is 2. The van der Waals surface area contributed by atoms with Crippen LogP contribution in [0.4, 0.5) is 0 Å². The van der Waals surface area contributed by atoms with E-state index in [0.29, 0.717) is 17.0 Å². The van der Waals surface area contributed by atoms with Gasteiger partial charge in [-0.2, -0.15) is 0 Å². The molecule has 0 spiro atoms. The van der Waals surface area contributed by atoms with Crippen LogP contribution in [-0.4, -0.2) is 29.7 Å². The fraction of sp³-hybridized carbons (Fsp3) is 0.333. The minimum atomic E-state index is -0.0575. The molecule has 124 valence electrons. The van der Waals surface area contributed by atoms with Crippen LogP contribution in [0.3, 0.4) is 0 Å². The van der Waals surface area contributed by atoms with Crippen molar-refractivity contribution in [1.82, 2.24) is 4.90 Å². The smallest absolute Gasteiger partial charge is 0.254 e. The third kappa shape index (κ3) is 3.73. The van der Waals surface area contributed by atoms with Gasteiger partial charge in [-0.3, -0.25) is 9.59 Å². The lowest BCUT2D eigenvalue weighted by atomic mass is 9.89. The van der Waals surface area contributed by atoms with Crippen LogP contribution in [0.25, 0.3) is 0 Å². The fourth-order valence-electron chi connectivity index (χ4n) is 3.43. The summed E-state index contributed by atoms with van der Waals surface area (Å²) in [5.74, 6) is 0.552. The topological polar surface area (TPSA) is 37.4 Å². The number of hydrogen-bond acceptors (Lipinski definition) is 2. The van der Waals surface area contributed by atoms with E-state index >= 15 is 0 Å². The zero-order chi connectivity index (χ0) is 16.9. The third-order valence-electron chi connectivity index (χ3n) is 4.81. The molecule has 1 amide bonds. The number of piperidine rings is 1. The second kappa shape index (κ2) is 7.43. The summed E-state index contributed by atoms with van der Waals surface area (Å²) in [6, 6.07) is 17.6. The van der Waals surface area contributed by atoms with Crippen LogP contribution in [0.2, 0.25) is 0 Å². The summed E-state index contributed by atoms with van der Waals surface area (Å²) in [5.41, 5.74) is 2.42. The number of hydrogen-bond donors (Lipinski definition) is 0. The molecule has 24 heavy (non-hydrogen) atoms. The van der Waals surface area contributed by atoms with Crippen LogP contribution in [-0.2, 0) is 6.42 Å². The Morgan fingerprint density at radius 3 is 2.12 bits per heavy atom. The molecule has 0 unspecified atom stereocenters. The van der Waals surface area contributed by atoms with Gasteiger partial charge in [0.1, 0.15) is 0 Å². The molecule has 0 saturated carbocycles. The monoisotopic (exact) mass is 321 g/mol. The normalized spacial score (nSPS) is 15.3. The van der Waals surface area contributed by atoms with Crippen molar-refractivity contribution < 1.29 is 9.59 Å². The quantitative estimate of drug-likeness (QED) is 0.799. The number of benzene rings is 2. The zero-order valence-electron chi connectivity index (χ0n) is 14.1. The SMILES string of the molecule is CC(=O)c1ccccc1C(=O)N1CCC(Cc2ccccc2)CC1. The molecule has 0 N–H and O–H groups in total. The van der Waals surface area contributed by atoms with Gasteiger partial charge in [-0.25, -0.2) is 0 Å². The highest BCUT2D eigenvalue weighted by Crippen LogP contribution is 2.23. The van der Waals surface area contributed by atoms with Crippen LogP contribution in [0.5, 0.6) is 0 Å². The van der Waals surface area contributed by atoms with Gasteiger partial charge < -0.3 is 4.90 Å². The van der Waals surface area contributed by atoms with E-state index in [0.717, 1.165) is 32.4 Å². The third-order valence-corrected chi connectivity index (χ3v) is 4.81. The Bertz CT molecular complexity index is 716. The largest absolute Gasteiger partial charge is 0.339 e. The number of ketones is 1. The number of carbonyl (C=O) groups excluding carboxylic acids is 2. The Hall–Kier alpha value is -2.42. The molecule has 0 radical (unpaired) electrons. The van der Waals surface area contributed by atoms with Gasteiger partial charge in [-0.1, -0.05) is 48.5 Å². The molecule has 0 aromatic heterocycles. The Morgan fingerprint density at radius 2 is 1.50 bits per heavy atom. The lowest BCUT2D eigenvalue weighted by molar-refractivity contribution is 0.0686. The molecule has 0 atom stereocenters. The predicted molar refractivity (Wildman–Crippen MR) is 95.2 cm³/mol. The first kappa shape index (κ1) is 16.4. The van der Waals surface area contributed by atoms with Crippen molar-refractivity contribution in [3.8, 4) is 0 Å². The average Bonchev–Trinajstić information content (AvgIpc) is 2.62. The van der Waals surface area contributed by atoms with E-state index in [1.807, 2.05) is 17.0 Å². The van der Waals surface area contributed by atoms with Crippen molar-refractivity contribution in [1.29, 1.82) is 0 Å². The molecule has 0 bridgehead atoms. The standard InChI is InChI=1S/C21H23NO2/c1-16(23)19-9-5-6-10-20(19)21(24)22-13-11-18(12-14-22)15-17-7-3-2-4-8-17/h2-10,18H,11-15H2,1H3. The van der Waals surface area contributed by atoms with Gasteiger partial charge in [0.2, 0.25) is 0 Å². The second-order valence-corrected chi connectivity index (χ2v) is 6.53. The minimum Gasteiger partial charge on any atom is -0.339 e. The van der Waals surface area contributed by atoms with Crippen molar-refractivity contribution in [2.75, 3.05) is 13.1 Å². The van der Waals surface area contributed by atoms with E-state index in [1.54, 1.807) is 18.2 Å². The van der Waals surface area contributed by atoms with Gasteiger partial charge in [-0.05, 0) is 43.7 Å². The van der Waals surface area contributed by atoms with E-state index in [-0.39, 0.29) is 11.7 Å². The van der Waals surface area contributed by atoms with Crippen molar-refractivity contribution in [2.24, 2.45) is 5.92 Å². The summed E-state index contributed by atoms with van der Waals surface area (Å²) in [6.45, 7) is 3.04. The maximum absolute atomic E-state index is 12.8. The van der Waals surface area contributed by atoms with Crippen LogP contribution in [0.15, 0.2) is 54.6 Å². The van der Waals surface area contributed by atoms with Gasteiger partial charge in [0.05, 0.1) is 5.56 Å². The summed E-state index contributed by atoms with van der Waals surface area (Å²) < 4.78 is 0. The summed E-state index contributed by atoms with van der Waals surface area (Å²) in [5, 5.41) is 0. The second-order valence-electron chi connectivity index (χ2n) is 6.53. The first-order valence-electron chi connectivity index (χ1n) is 8.58. The molecule has 1 fully saturated rings. The fourth-order valence-corrected chi connectivity index (χ4v) is 3.43. The Balaban J connectivity index is 1.62. The summed E-state index contributed by atoms with van der Waals surface area (Å²) >= 11 is 0. The van der Waals surface area contributed by atoms with Crippen LogP contribution >= 0.6 is 0 Å². The Labute approximate surface area is 143 Å². The highest BCUT2D eigenvalue weighted by molar-refractivity contribution is 6.07. The molecule has 0 aliphatic carbocycles. The molecule has 1 aliphatic rings. The van der Waals surface area contributed by atoms with Crippen LogP contribution in [0.1, 0.15) is 46.0 Å². The number of nitrogens with zero attached hydrogens (tertiary/aromatic N) is 1. The van der Waals surface area contributed by atoms with Gasteiger partial charge >= 0.3 is 0 Å². The van der Waals surface area contributed by atoms with Crippen LogP contribution < -0.4 is 0 Å². The van der Waals surface area contributed by atoms with Gasteiger partial charge in [-0.15, -0.1) is 0 Å². The lowest BCUT2D eigenvalue weighted by Gasteiger charge is -2.32. The molecule has 1 aliphatic heterocycles. The molecule has 2 aromatic carbocycles. The number of amides is 1. The van der Waals surface area contributed by atoms with Gasteiger partial charge in [0.25, 0.3) is 5.91 Å². The van der Waals surface area contributed by atoms with Gasteiger partial charge in [0, 0.05) is 18.7 Å². The molecule has 2 aromatic rings. The number of likely N-dealkylation sites (tertiary alicyclic amines) is 1. The van der Waals surface area contributed by atoms with E-state index in [2.05, 4.69) is 24.3 Å². The van der Waals surface area contributed by atoms with Crippen molar-refractivity contribution in [2.45, 2.75) is 26.2 Å². The average molecular weight is 321 g/mol. The van der Waals surface area contributed by atoms with E-state index in [9.17, 15) is 9.59 Å². The number of Topliss-reactive ketones (excluding diaryl/α,β-unsaturated/α-hetero) is 1. The van der Waals surface area contributed by atoms with Gasteiger partial charge in [0.15, 0.2) is 5.78 Å². The molecule has 3 nitrogen and oxygen atoms in total. The van der Waals surface area contributed by atoms with Crippen molar-refractivity contribution >= 4 is 11.7 Å². The summed E-state index contributed by atoms with van der Waals surface area (Å²) in [4.78, 5) is 26.4. The first-order chi connectivity index (χ1) is 11.6. The Kier molecular flexibility index (Phi) is 5.09. The maximum atomic E-state index is 12.8. The number of rotatable bonds is 4. The van der Waals surface area contributed by atoms with E-state index in [4.69, 9.17) is 0 Å². The van der Waals surface area contributed by atoms with Crippen molar-refractivity contribution in [3.05, 3.63) is 71.3 Å². The molecular formula is C21H23NO2. The van der Waals surface area contributed by atoms with Crippen LogP contribution in [0, 0.1) is 5.92 Å². The summed E-state index contributed by atoms with van der Waals surface area (Å²) in [6.07, 6.45) is 3.11. The zero-order valence-corrected chi connectivity index (χ0v) is 14.1. The van der Waals surface area contributed by atoms with Crippen molar-refractivity contribution in [3.63, 3.8) is 0 Å².